The summed E-state index contributed by atoms with van der Waals surface area (Å²) in [5.41, 5.74) is 5.63. The molecule has 2 aliphatic heterocycles. The van der Waals surface area contributed by atoms with E-state index >= 15 is 0 Å². The lowest BCUT2D eigenvalue weighted by atomic mass is 9.77. The molecule has 1 amide bonds. The maximum absolute atomic E-state index is 12.1. The first-order chi connectivity index (χ1) is 9.45. The van der Waals surface area contributed by atoms with Crippen molar-refractivity contribution in [3.8, 4) is 0 Å². The van der Waals surface area contributed by atoms with Gasteiger partial charge in [-0.2, -0.15) is 0 Å². The first-order valence-electron chi connectivity index (χ1n) is 6.68. The third-order valence-electron chi connectivity index (χ3n) is 4.07. The number of nitrogens with two attached hydrogens (primary N) is 1. The average molecular weight is 300 g/mol. The van der Waals surface area contributed by atoms with E-state index in [1.54, 1.807) is 6.92 Å². The van der Waals surface area contributed by atoms with Crippen LogP contribution >= 0.6 is 11.8 Å². The minimum absolute atomic E-state index is 0.0306. The van der Waals surface area contributed by atoms with Gasteiger partial charge in [0.05, 0.1) is 18.1 Å². The predicted octanol–water partition coefficient (Wildman–Crippen LogP) is 0.222. The molecule has 7 heteroatoms. The van der Waals surface area contributed by atoms with Crippen LogP contribution in [0.3, 0.4) is 0 Å². The van der Waals surface area contributed by atoms with Crippen molar-refractivity contribution in [2.24, 2.45) is 17.6 Å². The van der Waals surface area contributed by atoms with Crippen molar-refractivity contribution < 1.29 is 19.8 Å². The number of rotatable bonds is 6. The highest BCUT2D eigenvalue weighted by Gasteiger charge is 2.60. The number of thioether (sulfide) groups is 1. The predicted molar refractivity (Wildman–Crippen MR) is 75.8 cm³/mol. The number of amides is 1. The van der Waals surface area contributed by atoms with Crippen LogP contribution in [0.5, 0.6) is 0 Å². The third-order valence-corrected chi connectivity index (χ3v) is 5.01. The van der Waals surface area contributed by atoms with Crippen LogP contribution < -0.4 is 5.73 Å². The summed E-state index contributed by atoms with van der Waals surface area (Å²) in [7, 11) is 0. The van der Waals surface area contributed by atoms with E-state index in [9.17, 15) is 19.8 Å². The second-order valence-electron chi connectivity index (χ2n) is 5.22. The average Bonchev–Trinajstić information content (AvgIpc) is 2.65. The Labute approximate surface area is 122 Å². The molecule has 1 fully saturated rings. The highest BCUT2D eigenvalue weighted by Crippen LogP contribution is 2.51. The van der Waals surface area contributed by atoms with E-state index in [0.29, 0.717) is 6.54 Å². The van der Waals surface area contributed by atoms with Crippen molar-refractivity contribution in [1.29, 1.82) is 0 Å². The SMILES string of the molecule is CSC1=C(C(=O)O)N2C(=O)[C@H]([C@@H](C)O)[C@H]2[C@H]1CCCN. The smallest absolute Gasteiger partial charge is 0.353 e. The molecule has 2 aliphatic rings. The molecule has 0 bridgehead atoms. The van der Waals surface area contributed by atoms with Crippen molar-refractivity contribution in [3.63, 3.8) is 0 Å². The summed E-state index contributed by atoms with van der Waals surface area (Å²) in [5, 5.41) is 19.1. The van der Waals surface area contributed by atoms with Crippen molar-refractivity contribution in [2.45, 2.75) is 31.9 Å². The molecule has 1 saturated heterocycles. The van der Waals surface area contributed by atoms with Gasteiger partial charge in [0, 0.05) is 10.8 Å². The molecule has 0 aromatic rings. The van der Waals surface area contributed by atoms with Gasteiger partial charge >= 0.3 is 5.97 Å². The zero-order valence-corrected chi connectivity index (χ0v) is 12.4. The number of hydrogen-bond acceptors (Lipinski definition) is 5. The number of carboxylic acids is 1. The lowest BCUT2D eigenvalue weighted by molar-refractivity contribution is -0.163. The monoisotopic (exact) mass is 300 g/mol. The van der Waals surface area contributed by atoms with E-state index in [0.717, 1.165) is 17.7 Å². The maximum Gasteiger partial charge on any atom is 0.353 e. The third kappa shape index (κ3) is 2.13. The van der Waals surface area contributed by atoms with Gasteiger partial charge in [-0.25, -0.2) is 4.79 Å². The number of aliphatic carboxylic acids is 1. The minimum Gasteiger partial charge on any atom is -0.477 e. The quantitative estimate of drug-likeness (QED) is 0.606. The van der Waals surface area contributed by atoms with Crippen LogP contribution in [-0.4, -0.2) is 51.9 Å². The fraction of sp³-hybridized carbons (Fsp3) is 0.692. The number of aliphatic hydroxyl groups is 1. The number of carbonyl (C=O) groups excluding carboxylic acids is 1. The Hall–Kier alpha value is -1.05. The van der Waals surface area contributed by atoms with Crippen molar-refractivity contribution in [1.82, 2.24) is 4.90 Å². The van der Waals surface area contributed by atoms with Gasteiger partial charge in [-0.3, -0.25) is 4.79 Å². The summed E-state index contributed by atoms with van der Waals surface area (Å²) in [6.07, 6.45) is 2.57. The van der Waals surface area contributed by atoms with E-state index in [4.69, 9.17) is 5.73 Å². The van der Waals surface area contributed by atoms with Crippen LogP contribution in [0.2, 0.25) is 0 Å². The first-order valence-corrected chi connectivity index (χ1v) is 7.90. The molecule has 2 rings (SSSR count). The Morgan fingerprint density at radius 3 is 2.65 bits per heavy atom. The topological polar surface area (TPSA) is 104 Å². The molecule has 6 nitrogen and oxygen atoms in total. The second kappa shape index (κ2) is 5.75. The molecule has 4 N–H and O–H groups in total. The number of β-lactam (4-membered cyclic amide) rings is 1. The highest BCUT2D eigenvalue weighted by atomic mass is 32.2. The van der Waals surface area contributed by atoms with E-state index < -0.39 is 18.0 Å². The van der Waals surface area contributed by atoms with Gasteiger partial charge < -0.3 is 20.8 Å². The number of nitrogens with zero attached hydrogens (tertiary/aromatic N) is 1. The molecule has 0 saturated carbocycles. The molecular weight excluding hydrogens is 280 g/mol. The zero-order chi connectivity index (χ0) is 15.0. The summed E-state index contributed by atoms with van der Waals surface area (Å²) in [6.45, 7) is 2.11. The van der Waals surface area contributed by atoms with Crippen LogP contribution in [-0.2, 0) is 9.59 Å². The molecule has 0 radical (unpaired) electrons. The normalized spacial score (nSPS) is 30.3. The maximum atomic E-state index is 12.1. The van der Waals surface area contributed by atoms with Crippen molar-refractivity contribution in [2.75, 3.05) is 12.8 Å². The molecule has 20 heavy (non-hydrogen) atoms. The zero-order valence-electron chi connectivity index (χ0n) is 11.6. The first kappa shape index (κ1) is 15.3. The van der Waals surface area contributed by atoms with Gasteiger partial charge in [0.15, 0.2) is 0 Å². The molecule has 0 aliphatic carbocycles. The van der Waals surface area contributed by atoms with E-state index in [2.05, 4.69) is 0 Å². The molecule has 0 aromatic heterocycles. The molecule has 4 atom stereocenters. The number of aliphatic hydroxyl groups excluding tert-OH is 1. The summed E-state index contributed by atoms with van der Waals surface area (Å²) >= 11 is 1.37. The summed E-state index contributed by atoms with van der Waals surface area (Å²) in [6, 6.07) is -0.234. The second-order valence-corrected chi connectivity index (χ2v) is 6.07. The molecule has 0 aromatic carbocycles. The fourth-order valence-corrected chi connectivity index (χ4v) is 4.20. The number of carboxylic acid groups (broad SMARTS) is 1. The Morgan fingerprint density at radius 1 is 1.55 bits per heavy atom. The van der Waals surface area contributed by atoms with Crippen LogP contribution in [0.25, 0.3) is 0 Å². The van der Waals surface area contributed by atoms with E-state index in [1.165, 1.54) is 16.7 Å². The summed E-state index contributed by atoms with van der Waals surface area (Å²) in [4.78, 5) is 25.6. The van der Waals surface area contributed by atoms with E-state index in [1.807, 2.05) is 6.26 Å². The molecule has 0 spiro atoms. The Kier molecular flexibility index (Phi) is 4.41. The fourth-order valence-electron chi connectivity index (χ4n) is 3.26. The van der Waals surface area contributed by atoms with Crippen LogP contribution in [0.15, 0.2) is 10.6 Å². The summed E-state index contributed by atoms with van der Waals surface area (Å²) in [5.74, 6) is -1.90. The van der Waals surface area contributed by atoms with Gasteiger partial charge in [0.2, 0.25) is 5.91 Å². The Bertz CT molecular complexity index is 463. The number of fused-ring (bicyclic) bond motifs is 1. The molecular formula is C13H20N2O4S. The van der Waals surface area contributed by atoms with Crippen LogP contribution in [0.1, 0.15) is 19.8 Å². The molecule has 2 heterocycles. The Balaban J connectivity index is 2.36. The Morgan fingerprint density at radius 2 is 2.20 bits per heavy atom. The van der Waals surface area contributed by atoms with Gasteiger partial charge in [0.25, 0.3) is 0 Å². The van der Waals surface area contributed by atoms with Gasteiger partial charge in [-0.05, 0) is 32.6 Å². The number of hydrogen-bond donors (Lipinski definition) is 3. The van der Waals surface area contributed by atoms with E-state index in [-0.39, 0.29) is 23.6 Å². The summed E-state index contributed by atoms with van der Waals surface area (Å²) < 4.78 is 0. The largest absolute Gasteiger partial charge is 0.477 e. The molecule has 0 unspecified atom stereocenters. The van der Waals surface area contributed by atoms with Gasteiger partial charge in [0.1, 0.15) is 5.70 Å². The minimum atomic E-state index is -1.08. The van der Waals surface area contributed by atoms with Gasteiger partial charge in [-0.15, -0.1) is 11.8 Å². The van der Waals surface area contributed by atoms with Gasteiger partial charge in [-0.1, -0.05) is 0 Å². The van der Waals surface area contributed by atoms with Crippen molar-refractivity contribution >= 4 is 23.6 Å². The highest BCUT2D eigenvalue weighted by molar-refractivity contribution is 8.02. The lowest BCUT2D eigenvalue weighted by Crippen LogP contribution is -2.63. The van der Waals surface area contributed by atoms with Crippen LogP contribution in [0.4, 0.5) is 0 Å². The van der Waals surface area contributed by atoms with Crippen LogP contribution in [0, 0.1) is 11.8 Å². The van der Waals surface area contributed by atoms with Crippen molar-refractivity contribution in [3.05, 3.63) is 10.6 Å². The standard InChI is InChI=1S/C13H20N2O4S/c1-6(16)8-9-7(4-3-5-14)11(20-2)10(13(18)19)15(9)12(8)17/h6-9,16H,3-5,14H2,1-2H3,(H,18,19)/t6-,7-,8-,9-/m1/s1. The number of carbonyl (C=O) groups is 2. The lowest BCUT2D eigenvalue weighted by Gasteiger charge is -2.47. The molecule has 112 valence electrons.